The van der Waals surface area contributed by atoms with Crippen LogP contribution in [0.5, 0.6) is 11.5 Å². The topological polar surface area (TPSA) is 77.0 Å². The molecule has 0 radical (unpaired) electrons. The fourth-order valence-corrected chi connectivity index (χ4v) is 2.75. The van der Waals surface area contributed by atoms with E-state index in [1.807, 2.05) is 6.92 Å². The average molecular weight is 360 g/mol. The summed E-state index contributed by atoms with van der Waals surface area (Å²) in [4.78, 5) is 2.34. The van der Waals surface area contributed by atoms with Crippen LogP contribution >= 0.6 is 0 Å². The number of hydrazone groups is 1. The third-order valence-corrected chi connectivity index (χ3v) is 4.52. The van der Waals surface area contributed by atoms with Gasteiger partial charge in [0.1, 0.15) is 18.1 Å². The van der Waals surface area contributed by atoms with Crippen molar-refractivity contribution in [1.29, 1.82) is 0 Å². The SMILES string of the molecule is C=CCOc1cc(OC)ccc1/C=N/NS(=O)(=O)c1ccc(C)cc1. The number of sulfonamides is 1. The maximum Gasteiger partial charge on any atom is 0.276 e. The summed E-state index contributed by atoms with van der Waals surface area (Å²) >= 11 is 0. The summed E-state index contributed by atoms with van der Waals surface area (Å²) in [5, 5.41) is 3.83. The van der Waals surface area contributed by atoms with Crippen LogP contribution in [0.1, 0.15) is 11.1 Å². The Morgan fingerprint density at radius 2 is 1.92 bits per heavy atom. The first-order valence-corrected chi connectivity index (χ1v) is 8.98. The number of aryl methyl sites for hydroxylation is 1. The maximum absolute atomic E-state index is 12.2. The number of benzene rings is 2. The van der Waals surface area contributed by atoms with Crippen molar-refractivity contribution in [2.75, 3.05) is 13.7 Å². The zero-order valence-corrected chi connectivity index (χ0v) is 14.9. The minimum Gasteiger partial charge on any atom is -0.497 e. The van der Waals surface area contributed by atoms with Crippen LogP contribution in [0.15, 0.2) is 65.1 Å². The molecule has 0 aliphatic carbocycles. The summed E-state index contributed by atoms with van der Waals surface area (Å²) < 4.78 is 35.1. The lowest BCUT2D eigenvalue weighted by atomic mass is 10.2. The smallest absolute Gasteiger partial charge is 0.276 e. The molecule has 0 fully saturated rings. The monoisotopic (exact) mass is 360 g/mol. The van der Waals surface area contributed by atoms with Gasteiger partial charge in [-0.2, -0.15) is 13.5 Å². The fraction of sp³-hybridized carbons (Fsp3) is 0.167. The standard InChI is InChI=1S/C18H20N2O4S/c1-4-11-24-18-12-16(23-3)8-7-15(18)13-19-20-25(21,22)17-9-5-14(2)6-10-17/h4-10,12-13,20H,1,11H2,2-3H3/b19-13+. The molecule has 0 aromatic heterocycles. The molecule has 132 valence electrons. The van der Waals surface area contributed by atoms with E-state index in [0.717, 1.165) is 5.56 Å². The number of nitrogens with one attached hydrogen (secondary N) is 1. The van der Waals surface area contributed by atoms with Crippen LogP contribution in [0.25, 0.3) is 0 Å². The molecule has 7 heteroatoms. The molecule has 2 aromatic carbocycles. The molecule has 0 aliphatic heterocycles. The van der Waals surface area contributed by atoms with Crippen LogP contribution < -0.4 is 14.3 Å². The number of hydrogen-bond acceptors (Lipinski definition) is 5. The molecule has 0 heterocycles. The van der Waals surface area contributed by atoms with E-state index in [2.05, 4.69) is 16.5 Å². The quantitative estimate of drug-likeness (QED) is 0.446. The van der Waals surface area contributed by atoms with Gasteiger partial charge in [0.2, 0.25) is 0 Å². The van der Waals surface area contributed by atoms with Gasteiger partial charge < -0.3 is 9.47 Å². The van der Waals surface area contributed by atoms with Crippen molar-refractivity contribution in [1.82, 2.24) is 4.83 Å². The molecule has 0 bridgehead atoms. The number of ether oxygens (including phenoxy) is 2. The first kappa shape index (κ1) is 18.5. The van der Waals surface area contributed by atoms with Crippen LogP contribution in [0, 0.1) is 6.92 Å². The van der Waals surface area contributed by atoms with Gasteiger partial charge in [0.05, 0.1) is 18.2 Å². The van der Waals surface area contributed by atoms with Crippen molar-refractivity contribution < 1.29 is 17.9 Å². The Bertz CT molecular complexity index is 859. The van der Waals surface area contributed by atoms with Gasteiger partial charge in [0, 0.05) is 11.6 Å². The highest BCUT2D eigenvalue weighted by Gasteiger charge is 2.12. The second-order valence-electron chi connectivity index (χ2n) is 5.17. The fourth-order valence-electron chi connectivity index (χ4n) is 1.96. The van der Waals surface area contributed by atoms with E-state index in [9.17, 15) is 8.42 Å². The van der Waals surface area contributed by atoms with Gasteiger partial charge >= 0.3 is 0 Å². The molecular formula is C18H20N2O4S. The van der Waals surface area contributed by atoms with Crippen LogP contribution in [0.2, 0.25) is 0 Å². The van der Waals surface area contributed by atoms with Crippen molar-refractivity contribution >= 4 is 16.2 Å². The van der Waals surface area contributed by atoms with Gasteiger partial charge in [-0.25, -0.2) is 4.83 Å². The first-order valence-electron chi connectivity index (χ1n) is 7.49. The first-order chi connectivity index (χ1) is 12.0. The van der Waals surface area contributed by atoms with Crippen LogP contribution in [0.3, 0.4) is 0 Å². The van der Waals surface area contributed by atoms with Crippen LogP contribution in [-0.2, 0) is 10.0 Å². The zero-order valence-electron chi connectivity index (χ0n) is 14.1. The van der Waals surface area contributed by atoms with E-state index in [-0.39, 0.29) is 4.90 Å². The Balaban J connectivity index is 2.18. The molecule has 0 atom stereocenters. The second kappa shape index (κ2) is 8.34. The third-order valence-electron chi connectivity index (χ3n) is 3.29. The highest BCUT2D eigenvalue weighted by molar-refractivity contribution is 7.89. The lowest BCUT2D eigenvalue weighted by Crippen LogP contribution is -2.18. The molecule has 0 unspecified atom stereocenters. The Kier molecular flexibility index (Phi) is 6.19. The number of rotatable bonds is 8. The lowest BCUT2D eigenvalue weighted by Gasteiger charge is -2.09. The molecule has 0 saturated carbocycles. The number of nitrogens with zero attached hydrogens (tertiary/aromatic N) is 1. The van der Waals surface area contributed by atoms with Crippen molar-refractivity contribution in [3.05, 3.63) is 66.2 Å². The summed E-state index contributed by atoms with van der Waals surface area (Å²) in [5.41, 5.74) is 1.58. The molecule has 0 saturated heterocycles. The molecule has 0 spiro atoms. The van der Waals surface area contributed by atoms with E-state index in [1.54, 1.807) is 43.5 Å². The van der Waals surface area contributed by atoms with E-state index in [1.165, 1.54) is 18.3 Å². The normalized spacial score (nSPS) is 11.3. The molecule has 6 nitrogen and oxygen atoms in total. The number of methoxy groups -OCH3 is 1. The van der Waals surface area contributed by atoms with Gasteiger partial charge in [0.25, 0.3) is 10.0 Å². The lowest BCUT2D eigenvalue weighted by molar-refractivity contribution is 0.356. The van der Waals surface area contributed by atoms with Gasteiger partial charge in [-0.1, -0.05) is 30.4 Å². The minimum atomic E-state index is -3.72. The van der Waals surface area contributed by atoms with Crippen molar-refractivity contribution in [3.63, 3.8) is 0 Å². The van der Waals surface area contributed by atoms with Gasteiger partial charge in [-0.15, -0.1) is 0 Å². The maximum atomic E-state index is 12.2. The Morgan fingerprint density at radius 1 is 1.20 bits per heavy atom. The Morgan fingerprint density at radius 3 is 2.56 bits per heavy atom. The molecule has 1 N–H and O–H groups in total. The summed E-state index contributed by atoms with van der Waals surface area (Å²) in [7, 11) is -2.17. The Labute approximate surface area is 147 Å². The highest BCUT2D eigenvalue weighted by Crippen LogP contribution is 2.23. The van der Waals surface area contributed by atoms with Crippen molar-refractivity contribution in [2.45, 2.75) is 11.8 Å². The zero-order chi connectivity index (χ0) is 18.3. The van der Waals surface area contributed by atoms with Crippen LogP contribution in [0.4, 0.5) is 0 Å². The summed E-state index contributed by atoms with van der Waals surface area (Å²) in [6.45, 7) is 5.79. The molecule has 0 aliphatic rings. The molecule has 25 heavy (non-hydrogen) atoms. The van der Waals surface area contributed by atoms with Crippen LogP contribution in [-0.4, -0.2) is 28.3 Å². The number of hydrogen-bond donors (Lipinski definition) is 1. The Hall–Kier alpha value is -2.80. The van der Waals surface area contributed by atoms with E-state index in [0.29, 0.717) is 23.7 Å². The molecule has 0 amide bonds. The van der Waals surface area contributed by atoms with Gasteiger partial charge in [-0.05, 0) is 31.2 Å². The second-order valence-corrected chi connectivity index (χ2v) is 6.83. The predicted octanol–water partition coefficient (Wildman–Crippen LogP) is 2.88. The summed E-state index contributed by atoms with van der Waals surface area (Å²) in [6, 6.07) is 11.7. The minimum absolute atomic E-state index is 0.146. The largest absolute Gasteiger partial charge is 0.497 e. The molecule has 2 rings (SSSR count). The van der Waals surface area contributed by atoms with Crippen molar-refractivity contribution in [2.24, 2.45) is 5.10 Å². The average Bonchev–Trinajstić information content (AvgIpc) is 2.61. The van der Waals surface area contributed by atoms with Gasteiger partial charge in [-0.3, -0.25) is 0 Å². The predicted molar refractivity (Wildman–Crippen MR) is 97.8 cm³/mol. The van der Waals surface area contributed by atoms with Gasteiger partial charge in [0.15, 0.2) is 0 Å². The van der Waals surface area contributed by atoms with E-state index < -0.39 is 10.0 Å². The molecule has 2 aromatic rings. The third kappa shape index (κ3) is 5.09. The molecular weight excluding hydrogens is 340 g/mol. The van der Waals surface area contributed by atoms with Crippen molar-refractivity contribution in [3.8, 4) is 11.5 Å². The summed E-state index contributed by atoms with van der Waals surface area (Å²) in [5.74, 6) is 1.13. The summed E-state index contributed by atoms with van der Waals surface area (Å²) in [6.07, 6.45) is 2.99. The highest BCUT2D eigenvalue weighted by atomic mass is 32.2. The van der Waals surface area contributed by atoms with E-state index >= 15 is 0 Å². The van der Waals surface area contributed by atoms with E-state index in [4.69, 9.17) is 9.47 Å².